The molecule has 0 aromatic heterocycles. The minimum absolute atomic E-state index is 0.0198. The minimum atomic E-state index is -0.560. The van der Waals surface area contributed by atoms with Crippen LogP contribution >= 0.6 is 0 Å². The van der Waals surface area contributed by atoms with Crippen molar-refractivity contribution in [1.29, 1.82) is 0 Å². The number of hydrogen-bond donors (Lipinski definition) is 1. The van der Waals surface area contributed by atoms with Gasteiger partial charge in [-0.25, -0.2) is 0 Å². The Balaban J connectivity index is 1.83. The molecule has 1 aliphatic rings. The summed E-state index contributed by atoms with van der Waals surface area (Å²) in [5.41, 5.74) is 1.09. The van der Waals surface area contributed by atoms with Crippen LogP contribution in [0.3, 0.4) is 0 Å². The van der Waals surface area contributed by atoms with Crippen LogP contribution in [0.2, 0.25) is 0 Å². The molecule has 1 N–H and O–H groups in total. The summed E-state index contributed by atoms with van der Waals surface area (Å²) in [4.78, 5) is 25.3. The van der Waals surface area contributed by atoms with E-state index in [0.29, 0.717) is 25.8 Å². The Hall–Kier alpha value is -2.40. The van der Waals surface area contributed by atoms with E-state index >= 15 is 0 Å². The quantitative estimate of drug-likeness (QED) is 0.381. The predicted molar refractivity (Wildman–Crippen MR) is 110 cm³/mol. The maximum atomic E-state index is 12.3. The van der Waals surface area contributed by atoms with Crippen molar-refractivity contribution >= 4 is 11.9 Å². The summed E-state index contributed by atoms with van der Waals surface area (Å²) in [6.45, 7) is 0.556. The number of benzene rings is 1. The number of nitrogens with zero attached hydrogens (tertiary/aromatic N) is 1. The second-order valence-electron chi connectivity index (χ2n) is 7.09. The van der Waals surface area contributed by atoms with Crippen molar-refractivity contribution in [3.05, 3.63) is 60.2 Å². The number of carbonyl (C=O) groups is 2. The fourth-order valence-electron chi connectivity index (χ4n) is 3.34. The lowest BCUT2D eigenvalue weighted by atomic mass is 9.99. The van der Waals surface area contributed by atoms with E-state index in [0.717, 1.165) is 31.2 Å². The number of piperidine rings is 1. The Morgan fingerprint density at radius 1 is 1.32 bits per heavy atom. The first-order chi connectivity index (χ1) is 13.6. The number of hydrogen-bond acceptors (Lipinski definition) is 4. The average Bonchev–Trinajstić information content (AvgIpc) is 2.70. The standard InChI is InChI=1S/C23H31NO4/c1-28-23(27)14-7-2-3-8-17-24-20(12-9-13-22(24)26)15-16-21(25)18-19-10-5-4-6-11-19/h3-6,8,10-11,15-16,20-21,25H,2,7,9,12-14,17-18H2,1H3/t20-,21?/m1/s1. The fourth-order valence-corrected chi connectivity index (χ4v) is 3.34. The molecule has 0 bridgehead atoms. The molecule has 0 radical (unpaired) electrons. The Bertz CT molecular complexity index is 668. The number of esters is 1. The molecule has 0 spiro atoms. The smallest absolute Gasteiger partial charge is 0.305 e. The highest BCUT2D eigenvalue weighted by Crippen LogP contribution is 2.20. The summed E-state index contributed by atoms with van der Waals surface area (Å²) < 4.78 is 4.62. The van der Waals surface area contributed by atoms with Gasteiger partial charge >= 0.3 is 5.97 Å². The van der Waals surface area contributed by atoms with Crippen LogP contribution in [0.5, 0.6) is 0 Å². The van der Waals surface area contributed by atoms with Gasteiger partial charge in [0.15, 0.2) is 0 Å². The first-order valence-corrected chi connectivity index (χ1v) is 10.0. The molecule has 152 valence electrons. The molecule has 1 amide bonds. The summed E-state index contributed by atoms with van der Waals surface area (Å²) in [5.74, 6) is -0.0449. The molecule has 0 aliphatic carbocycles. The first kappa shape index (κ1) is 21.9. The first-order valence-electron chi connectivity index (χ1n) is 10.0. The van der Waals surface area contributed by atoms with Crippen molar-refractivity contribution in [3.63, 3.8) is 0 Å². The van der Waals surface area contributed by atoms with Crippen molar-refractivity contribution in [1.82, 2.24) is 4.90 Å². The maximum absolute atomic E-state index is 12.3. The van der Waals surface area contributed by atoms with Gasteiger partial charge in [-0.1, -0.05) is 54.6 Å². The second kappa shape index (κ2) is 12.1. The third kappa shape index (κ3) is 7.69. The Morgan fingerprint density at radius 2 is 2.11 bits per heavy atom. The number of likely N-dealkylation sites (tertiary alicyclic amines) is 1. The van der Waals surface area contributed by atoms with Gasteiger partial charge in [-0.2, -0.15) is 0 Å². The van der Waals surface area contributed by atoms with Crippen LogP contribution in [0, 0.1) is 0 Å². The molecule has 0 saturated carbocycles. The molecule has 5 heteroatoms. The molecule has 2 rings (SSSR count). The number of rotatable bonds is 10. The Kier molecular flexibility index (Phi) is 9.49. The van der Waals surface area contributed by atoms with Gasteiger partial charge in [0, 0.05) is 25.8 Å². The van der Waals surface area contributed by atoms with E-state index in [1.54, 1.807) is 0 Å². The summed E-state index contributed by atoms with van der Waals surface area (Å²) in [6, 6.07) is 9.90. The molecule has 28 heavy (non-hydrogen) atoms. The lowest BCUT2D eigenvalue weighted by molar-refractivity contribution is -0.140. The van der Waals surface area contributed by atoms with Crippen LogP contribution in [0.1, 0.15) is 44.1 Å². The van der Waals surface area contributed by atoms with Crippen molar-refractivity contribution in [2.24, 2.45) is 0 Å². The van der Waals surface area contributed by atoms with Crippen molar-refractivity contribution in [2.45, 2.75) is 57.1 Å². The number of ether oxygens (including phenoxy) is 1. The lowest BCUT2D eigenvalue weighted by Crippen LogP contribution is -2.42. The molecular formula is C23H31NO4. The molecule has 1 fully saturated rings. The number of unbranched alkanes of at least 4 members (excludes halogenated alkanes) is 1. The van der Waals surface area contributed by atoms with Crippen molar-refractivity contribution in [3.8, 4) is 0 Å². The highest BCUT2D eigenvalue weighted by Gasteiger charge is 2.25. The number of aliphatic hydroxyl groups excluding tert-OH is 1. The second-order valence-corrected chi connectivity index (χ2v) is 7.09. The monoisotopic (exact) mass is 385 g/mol. The lowest BCUT2D eigenvalue weighted by Gasteiger charge is -2.33. The molecule has 1 aliphatic heterocycles. The van der Waals surface area contributed by atoms with Gasteiger partial charge in [0.25, 0.3) is 0 Å². The molecule has 1 unspecified atom stereocenters. The number of methoxy groups -OCH3 is 1. The predicted octanol–water partition coefficient (Wildman–Crippen LogP) is 3.43. The van der Waals surface area contributed by atoms with E-state index in [4.69, 9.17) is 0 Å². The highest BCUT2D eigenvalue weighted by atomic mass is 16.5. The van der Waals surface area contributed by atoms with E-state index in [9.17, 15) is 14.7 Å². The maximum Gasteiger partial charge on any atom is 0.305 e. The molecule has 5 nitrogen and oxygen atoms in total. The zero-order valence-electron chi connectivity index (χ0n) is 16.6. The summed E-state index contributed by atoms with van der Waals surface area (Å²) in [6.07, 6.45) is 12.1. The van der Waals surface area contributed by atoms with E-state index in [1.807, 2.05) is 59.5 Å². The summed E-state index contributed by atoms with van der Waals surface area (Å²) in [5, 5.41) is 10.3. The zero-order valence-corrected chi connectivity index (χ0v) is 16.6. The van der Waals surface area contributed by atoms with Gasteiger partial charge in [-0.15, -0.1) is 0 Å². The number of allylic oxidation sites excluding steroid dienone is 1. The number of aliphatic hydroxyl groups is 1. The molecular weight excluding hydrogens is 354 g/mol. The van der Waals surface area contributed by atoms with E-state index in [1.165, 1.54) is 7.11 Å². The fraction of sp³-hybridized carbons (Fsp3) is 0.478. The van der Waals surface area contributed by atoms with Gasteiger partial charge in [-0.3, -0.25) is 9.59 Å². The van der Waals surface area contributed by atoms with Crippen LogP contribution < -0.4 is 0 Å². The zero-order chi connectivity index (χ0) is 20.2. The van der Waals surface area contributed by atoms with Crippen molar-refractivity contribution < 1.29 is 19.4 Å². The van der Waals surface area contributed by atoms with Gasteiger partial charge in [-0.05, 0) is 31.2 Å². The minimum Gasteiger partial charge on any atom is -0.469 e. The Morgan fingerprint density at radius 3 is 2.86 bits per heavy atom. The third-order valence-electron chi connectivity index (χ3n) is 4.90. The van der Waals surface area contributed by atoms with Crippen LogP contribution in [0.25, 0.3) is 0 Å². The van der Waals surface area contributed by atoms with Gasteiger partial charge in [0.1, 0.15) is 0 Å². The topological polar surface area (TPSA) is 66.8 Å². The van der Waals surface area contributed by atoms with Crippen LogP contribution in [0.15, 0.2) is 54.6 Å². The highest BCUT2D eigenvalue weighted by molar-refractivity contribution is 5.77. The normalized spacial score (nSPS) is 18.7. The largest absolute Gasteiger partial charge is 0.469 e. The van der Waals surface area contributed by atoms with Gasteiger partial charge in [0.2, 0.25) is 5.91 Å². The number of carbonyl (C=O) groups excluding carboxylic acids is 2. The van der Waals surface area contributed by atoms with Gasteiger partial charge in [0.05, 0.1) is 19.3 Å². The molecule has 1 saturated heterocycles. The van der Waals surface area contributed by atoms with Crippen molar-refractivity contribution in [2.75, 3.05) is 13.7 Å². The van der Waals surface area contributed by atoms with Crippen LogP contribution in [-0.4, -0.2) is 47.7 Å². The van der Waals surface area contributed by atoms with Crippen LogP contribution in [0.4, 0.5) is 0 Å². The summed E-state index contributed by atoms with van der Waals surface area (Å²) in [7, 11) is 1.39. The molecule has 1 heterocycles. The molecule has 2 atom stereocenters. The molecule has 1 aromatic carbocycles. The van der Waals surface area contributed by atoms with E-state index in [2.05, 4.69) is 4.74 Å². The SMILES string of the molecule is COC(=O)CCCC=CCN1C(=O)CCC[C@@H]1C=CC(O)Cc1ccccc1. The third-order valence-corrected chi connectivity index (χ3v) is 4.90. The number of amides is 1. The van der Waals surface area contributed by atoms with Gasteiger partial charge < -0.3 is 14.7 Å². The average molecular weight is 386 g/mol. The van der Waals surface area contributed by atoms with E-state index < -0.39 is 6.10 Å². The Labute approximate surface area is 167 Å². The van der Waals surface area contributed by atoms with E-state index in [-0.39, 0.29) is 17.9 Å². The van der Waals surface area contributed by atoms with Crippen LogP contribution in [-0.2, 0) is 20.7 Å². The molecule has 1 aromatic rings. The summed E-state index contributed by atoms with van der Waals surface area (Å²) >= 11 is 0.